The summed E-state index contributed by atoms with van der Waals surface area (Å²) in [5, 5.41) is 0.187. The number of carbonyl (C=O) groups is 2. The van der Waals surface area contributed by atoms with Gasteiger partial charge in [-0.15, -0.1) is 0 Å². The number of esters is 1. The number of ether oxygens (including phenoxy) is 1. The lowest BCUT2D eigenvalue weighted by Crippen LogP contribution is -2.53. The Hall–Kier alpha value is -2.20. The fourth-order valence-corrected chi connectivity index (χ4v) is 5.82. The van der Waals surface area contributed by atoms with Gasteiger partial charge in [0, 0.05) is 31.9 Å². The topological polar surface area (TPSA) is 99.8 Å². The summed E-state index contributed by atoms with van der Waals surface area (Å²) in [6.07, 6.45) is 0. The molecule has 1 aromatic carbocycles. The van der Waals surface area contributed by atoms with E-state index in [1.165, 1.54) is 17.5 Å². The van der Waals surface area contributed by atoms with Gasteiger partial charge in [-0.05, 0) is 38.5 Å². The summed E-state index contributed by atoms with van der Waals surface area (Å²) in [7, 11) is -2.40. The molecule has 2 aromatic rings. The maximum absolute atomic E-state index is 13.1. The fourth-order valence-electron chi connectivity index (χ4n) is 3.90. The van der Waals surface area contributed by atoms with Gasteiger partial charge in [0.15, 0.2) is 5.78 Å². The summed E-state index contributed by atoms with van der Waals surface area (Å²) in [6.45, 7) is 6.53. The van der Waals surface area contributed by atoms with Crippen molar-refractivity contribution in [3.05, 3.63) is 51.8 Å². The van der Waals surface area contributed by atoms with Crippen molar-refractivity contribution in [1.29, 1.82) is 0 Å². The molecule has 0 bridgehead atoms. The number of aryl methyl sites for hydroxylation is 1. The van der Waals surface area contributed by atoms with E-state index in [4.69, 9.17) is 16.3 Å². The molecule has 0 spiro atoms. The minimum atomic E-state index is -3.70. The van der Waals surface area contributed by atoms with Crippen molar-refractivity contribution in [3.63, 3.8) is 0 Å². The molecule has 1 unspecified atom stereocenters. The van der Waals surface area contributed by atoms with Crippen LogP contribution in [0.15, 0.2) is 29.2 Å². The van der Waals surface area contributed by atoms with Crippen molar-refractivity contribution >= 4 is 33.4 Å². The summed E-state index contributed by atoms with van der Waals surface area (Å²) >= 11 is 6.08. The Bertz CT molecular complexity index is 1100. The zero-order valence-electron chi connectivity index (χ0n) is 17.9. The molecule has 1 aliphatic rings. The van der Waals surface area contributed by atoms with Crippen LogP contribution in [0.3, 0.4) is 0 Å². The number of aromatic amines is 1. The number of hydrogen-bond acceptors (Lipinski definition) is 6. The summed E-state index contributed by atoms with van der Waals surface area (Å²) in [5.74, 6) is -0.644. The summed E-state index contributed by atoms with van der Waals surface area (Å²) in [4.78, 5) is 30.1. The number of piperazine rings is 1. The van der Waals surface area contributed by atoms with Crippen LogP contribution >= 0.6 is 11.6 Å². The van der Waals surface area contributed by atoms with Crippen molar-refractivity contribution in [1.82, 2.24) is 14.2 Å². The predicted molar refractivity (Wildman–Crippen MR) is 117 cm³/mol. The van der Waals surface area contributed by atoms with E-state index < -0.39 is 22.0 Å². The SMILES string of the molecule is COC(=O)c1c(C)[nH]c(C(=O)C(C)N2CCN(S(=O)(=O)c3ccccc3Cl)CC2)c1C. The van der Waals surface area contributed by atoms with Crippen molar-refractivity contribution < 1.29 is 22.7 Å². The second-order valence-electron chi connectivity index (χ2n) is 7.53. The number of benzene rings is 1. The number of aromatic nitrogens is 1. The van der Waals surface area contributed by atoms with E-state index >= 15 is 0 Å². The lowest BCUT2D eigenvalue weighted by Gasteiger charge is -2.36. The van der Waals surface area contributed by atoms with Gasteiger partial charge < -0.3 is 9.72 Å². The zero-order valence-corrected chi connectivity index (χ0v) is 19.5. The molecule has 168 valence electrons. The smallest absolute Gasteiger partial charge is 0.339 e. The molecule has 1 aromatic heterocycles. The van der Waals surface area contributed by atoms with Gasteiger partial charge in [-0.25, -0.2) is 13.2 Å². The van der Waals surface area contributed by atoms with Gasteiger partial charge in [0.25, 0.3) is 0 Å². The maximum Gasteiger partial charge on any atom is 0.339 e. The number of methoxy groups -OCH3 is 1. The van der Waals surface area contributed by atoms with Gasteiger partial charge in [-0.2, -0.15) is 4.31 Å². The molecule has 1 fully saturated rings. The first kappa shape index (κ1) is 23.5. The molecule has 1 atom stereocenters. The highest BCUT2D eigenvalue weighted by Gasteiger charge is 2.34. The summed E-state index contributed by atoms with van der Waals surface area (Å²) < 4.78 is 32.0. The molecule has 3 rings (SSSR count). The normalized spacial score (nSPS) is 16.8. The first-order valence-electron chi connectivity index (χ1n) is 9.90. The van der Waals surface area contributed by atoms with E-state index in [9.17, 15) is 18.0 Å². The minimum absolute atomic E-state index is 0.0852. The van der Waals surface area contributed by atoms with Gasteiger partial charge in [0.2, 0.25) is 10.0 Å². The highest BCUT2D eigenvalue weighted by Crippen LogP contribution is 2.26. The molecule has 8 nitrogen and oxygen atoms in total. The number of hydrogen-bond donors (Lipinski definition) is 1. The number of sulfonamides is 1. The maximum atomic E-state index is 13.1. The quantitative estimate of drug-likeness (QED) is 0.518. The lowest BCUT2D eigenvalue weighted by molar-refractivity contribution is 0.0599. The first-order chi connectivity index (χ1) is 14.6. The van der Waals surface area contributed by atoms with E-state index in [0.717, 1.165) is 0 Å². The van der Waals surface area contributed by atoms with Gasteiger partial charge in [-0.1, -0.05) is 23.7 Å². The average molecular weight is 468 g/mol. The van der Waals surface area contributed by atoms with E-state index in [0.29, 0.717) is 35.6 Å². The van der Waals surface area contributed by atoms with Gasteiger partial charge in [-0.3, -0.25) is 9.69 Å². The van der Waals surface area contributed by atoms with Crippen LogP contribution in [0.5, 0.6) is 0 Å². The van der Waals surface area contributed by atoms with Crippen molar-refractivity contribution in [2.45, 2.75) is 31.7 Å². The molecule has 0 amide bonds. The summed E-state index contributed by atoms with van der Waals surface area (Å²) in [6, 6.07) is 5.88. The Morgan fingerprint density at radius 2 is 1.74 bits per heavy atom. The number of halogens is 1. The number of rotatable bonds is 6. The van der Waals surface area contributed by atoms with Gasteiger partial charge in [0.05, 0.1) is 29.4 Å². The third-order valence-electron chi connectivity index (χ3n) is 5.73. The van der Waals surface area contributed by atoms with Crippen LogP contribution in [0.25, 0.3) is 0 Å². The Labute approximate surface area is 187 Å². The Balaban J connectivity index is 1.72. The fraction of sp³-hybridized carbons (Fsp3) is 0.429. The second-order valence-corrected chi connectivity index (χ2v) is 9.84. The predicted octanol–water partition coefficient (Wildman–Crippen LogP) is 2.65. The zero-order chi connectivity index (χ0) is 22.9. The minimum Gasteiger partial charge on any atom is -0.465 e. The van der Waals surface area contributed by atoms with Crippen LogP contribution in [-0.4, -0.2) is 73.7 Å². The second kappa shape index (κ2) is 9.12. The van der Waals surface area contributed by atoms with Crippen LogP contribution in [0.2, 0.25) is 5.02 Å². The van der Waals surface area contributed by atoms with Crippen LogP contribution in [0.1, 0.15) is 39.0 Å². The Kier molecular flexibility index (Phi) is 6.90. The Morgan fingerprint density at radius 3 is 2.32 bits per heavy atom. The van der Waals surface area contributed by atoms with E-state index in [1.807, 2.05) is 4.90 Å². The largest absolute Gasteiger partial charge is 0.465 e. The van der Waals surface area contributed by atoms with Crippen LogP contribution in [-0.2, 0) is 14.8 Å². The molecule has 0 radical (unpaired) electrons. The highest BCUT2D eigenvalue weighted by molar-refractivity contribution is 7.89. The molecular weight excluding hydrogens is 442 g/mol. The number of carbonyl (C=O) groups excluding carboxylic acids is 2. The third-order valence-corrected chi connectivity index (χ3v) is 8.13. The third kappa shape index (κ3) is 4.41. The van der Waals surface area contributed by atoms with Crippen molar-refractivity contribution in [2.24, 2.45) is 0 Å². The van der Waals surface area contributed by atoms with Gasteiger partial charge in [0.1, 0.15) is 4.90 Å². The summed E-state index contributed by atoms with van der Waals surface area (Å²) in [5.41, 5.74) is 1.88. The Morgan fingerprint density at radius 1 is 1.13 bits per heavy atom. The van der Waals surface area contributed by atoms with Crippen molar-refractivity contribution in [2.75, 3.05) is 33.3 Å². The lowest BCUT2D eigenvalue weighted by atomic mass is 10.0. The van der Waals surface area contributed by atoms with Crippen LogP contribution in [0.4, 0.5) is 0 Å². The van der Waals surface area contributed by atoms with Gasteiger partial charge >= 0.3 is 5.97 Å². The number of nitrogens with zero attached hydrogens (tertiary/aromatic N) is 2. The molecule has 1 saturated heterocycles. The van der Waals surface area contributed by atoms with Crippen LogP contribution in [0, 0.1) is 13.8 Å². The molecule has 1 N–H and O–H groups in total. The standard InChI is InChI=1S/C21H26ClN3O5S/c1-13-18(21(27)30-4)14(2)23-19(13)20(26)15(3)24-9-11-25(12-10-24)31(28,29)17-8-6-5-7-16(17)22/h5-8,15,23H,9-12H2,1-4H3. The van der Waals surface area contributed by atoms with E-state index in [1.54, 1.807) is 39.0 Å². The number of ketones is 1. The molecule has 0 aliphatic carbocycles. The average Bonchev–Trinajstić information content (AvgIpc) is 3.06. The first-order valence-corrected chi connectivity index (χ1v) is 11.7. The number of H-pyrrole nitrogens is 1. The number of Topliss-reactive ketones (excluding diaryl/α,β-unsaturated/α-hetero) is 1. The molecule has 31 heavy (non-hydrogen) atoms. The molecule has 0 saturated carbocycles. The molecule has 2 heterocycles. The van der Waals surface area contributed by atoms with E-state index in [-0.39, 0.29) is 28.8 Å². The van der Waals surface area contributed by atoms with Crippen molar-refractivity contribution in [3.8, 4) is 0 Å². The van der Waals surface area contributed by atoms with Crippen LogP contribution < -0.4 is 0 Å². The monoisotopic (exact) mass is 467 g/mol. The van der Waals surface area contributed by atoms with E-state index in [2.05, 4.69) is 4.98 Å². The molecule has 1 aliphatic heterocycles. The highest BCUT2D eigenvalue weighted by atomic mass is 35.5. The molecule has 10 heteroatoms. The molecular formula is C21H26ClN3O5S. The number of nitrogens with one attached hydrogen (secondary N) is 1.